The maximum atomic E-state index is 10.4. The first kappa shape index (κ1) is 28.1. The Kier molecular flexibility index (Phi) is 12.2. The Labute approximate surface area is 200 Å². The molecule has 0 amide bonds. The molecule has 3 aromatic carbocycles. The van der Waals surface area contributed by atoms with Crippen LogP contribution in [0.15, 0.2) is 83.8 Å². The zero-order chi connectivity index (χ0) is 22.7. The number of carboxylic acid groups (broad SMARTS) is 2. The maximum Gasteiger partial charge on any atom is 1.00 e. The van der Waals surface area contributed by atoms with Crippen molar-refractivity contribution in [1.82, 2.24) is 0 Å². The fourth-order valence-electron chi connectivity index (χ4n) is 1.85. The van der Waals surface area contributed by atoms with Gasteiger partial charge in [-0.2, -0.15) is 0 Å². The molecule has 0 bridgehead atoms. The van der Waals surface area contributed by atoms with E-state index in [-0.39, 0.29) is 46.4 Å². The van der Waals surface area contributed by atoms with Crippen LogP contribution in [0.1, 0.15) is 20.7 Å². The van der Waals surface area contributed by atoms with Crippen LogP contribution in [-0.4, -0.2) is 35.1 Å². The van der Waals surface area contributed by atoms with Crippen molar-refractivity contribution in [3.63, 3.8) is 0 Å². The molecular formula is C20H15NaO9S-2. The molecule has 0 atom stereocenters. The summed E-state index contributed by atoms with van der Waals surface area (Å²) in [5, 5.41) is 37.8. The maximum absolute atomic E-state index is 10.4. The number of hydrogen-bond donors (Lipinski definition) is 2. The molecule has 11 heteroatoms. The van der Waals surface area contributed by atoms with E-state index in [4.69, 9.17) is 10.2 Å². The van der Waals surface area contributed by atoms with Gasteiger partial charge in [0.2, 0.25) is 0 Å². The van der Waals surface area contributed by atoms with Crippen LogP contribution in [0.4, 0.5) is 0 Å². The smallest absolute Gasteiger partial charge is 0.744 e. The summed E-state index contributed by atoms with van der Waals surface area (Å²) in [4.78, 5) is 19.4. The van der Waals surface area contributed by atoms with Crippen molar-refractivity contribution >= 4 is 22.1 Å². The van der Waals surface area contributed by atoms with E-state index in [1.54, 1.807) is 36.4 Å². The van der Waals surface area contributed by atoms with Crippen LogP contribution in [-0.2, 0) is 10.1 Å². The predicted molar refractivity (Wildman–Crippen MR) is 99.3 cm³/mol. The van der Waals surface area contributed by atoms with Crippen LogP contribution >= 0.6 is 0 Å². The van der Waals surface area contributed by atoms with Gasteiger partial charge in [-0.1, -0.05) is 60.7 Å². The van der Waals surface area contributed by atoms with Crippen molar-refractivity contribution in [3.05, 3.63) is 90.0 Å². The second-order valence-electron chi connectivity index (χ2n) is 5.41. The molecule has 158 valence electrons. The summed E-state index contributed by atoms with van der Waals surface area (Å²) in [5.74, 6) is -3.31. The standard InChI is InChI=1S/2C7H6O2.C6H6O5S.Na/c2*8-7(9)6-4-2-1-3-5-6;7-4-1-2-5(8)6(3-4)12(9,10)11;/h2*1-5H,(H,8,9);1-3,7-8H,(H,9,10,11);/q;;;+1/p-3. The summed E-state index contributed by atoms with van der Waals surface area (Å²) in [6.45, 7) is 0. The molecule has 2 N–H and O–H groups in total. The van der Waals surface area contributed by atoms with Gasteiger partial charge in [-0.3, -0.25) is 0 Å². The van der Waals surface area contributed by atoms with Gasteiger partial charge in [0.25, 0.3) is 0 Å². The van der Waals surface area contributed by atoms with E-state index in [0.717, 1.165) is 12.1 Å². The van der Waals surface area contributed by atoms with Gasteiger partial charge in [0, 0.05) is 6.07 Å². The fraction of sp³-hybridized carbons (Fsp3) is 0. The molecule has 31 heavy (non-hydrogen) atoms. The molecule has 0 unspecified atom stereocenters. The minimum Gasteiger partial charge on any atom is -0.744 e. The number of phenolic OH excluding ortho intramolecular Hbond substituents is 2. The Balaban J connectivity index is 0.000000435. The minimum atomic E-state index is -4.72. The first-order valence-corrected chi connectivity index (χ1v) is 9.44. The average Bonchev–Trinajstić information content (AvgIpc) is 2.71. The summed E-state index contributed by atoms with van der Waals surface area (Å²) < 4.78 is 31.1. The molecule has 0 aromatic heterocycles. The molecule has 0 aliphatic heterocycles. The Morgan fingerprint density at radius 3 is 1.35 bits per heavy atom. The molecule has 0 spiro atoms. The SMILES string of the molecule is O=C([O-])c1ccccc1.O=C([O-])c1ccccc1.O=S(=O)([O-])c1cc(O)ccc1O.[Na+]. The van der Waals surface area contributed by atoms with Crippen molar-refractivity contribution in [2.24, 2.45) is 0 Å². The minimum absolute atomic E-state index is 0. The van der Waals surface area contributed by atoms with Crippen LogP contribution in [0.25, 0.3) is 0 Å². The number of carbonyl (C=O) groups is 2. The predicted octanol–water partition coefficient (Wildman–Crippen LogP) is -2.89. The number of hydrogen-bond acceptors (Lipinski definition) is 9. The number of rotatable bonds is 3. The number of carboxylic acids is 2. The van der Waals surface area contributed by atoms with Crippen molar-refractivity contribution in [1.29, 1.82) is 0 Å². The fourth-order valence-corrected chi connectivity index (χ4v) is 2.44. The second-order valence-corrected chi connectivity index (χ2v) is 6.76. The largest absolute Gasteiger partial charge is 1.00 e. The zero-order valence-electron chi connectivity index (χ0n) is 16.2. The molecule has 0 fully saturated rings. The van der Waals surface area contributed by atoms with Gasteiger partial charge in [0.05, 0.1) is 16.8 Å². The average molecular weight is 454 g/mol. The van der Waals surface area contributed by atoms with Crippen LogP contribution in [0.5, 0.6) is 11.5 Å². The third kappa shape index (κ3) is 10.6. The van der Waals surface area contributed by atoms with Crippen molar-refractivity contribution in [2.75, 3.05) is 0 Å². The molecule has 0 saturated carbocycles. The number of aromatic carboxylic acids is 2. The van der Waals surface area contributed by atoms with Gasteiger partial charge in [0.1, 0.15) is 21.6 Å². The molecule has 3 rings (SSSR count). The number of aromatic hydroxyl groups is 2. The van der Waals surface area contributed by atoms with Crippen LogP contribution in [0.2, 0.25) is 0 Å². The van der Waals surface area contributed by atoms with Gasteiger partial charge in [-0.05, 0) is 23.3 Å². The normalized spacial score (nSPS) is 9.58. The second kappa shape index (κ2) is 13.4. The van der Waals surface area contributed by atoms with Gasteiger partial charge in [0.15, 0.2) is 0 Å². The number of phenols is 2. The van der Waals surface area contributed by atoms with Crippen molar-refractivity contribution in [3.8, 4) is 11.5 Å². The summed E-state index contributed by atoms with van der Waals surface area (Å²) >= 11 is 0. The first-order valence-electron chi connectivity index (χ1n) is 8.03. The van der Waals surface area contributed by atoms with E-state index in [0.29, 0.717) is 6.07 Å². The molecule has 0 aliphatic rings. The van der Waals surface area contributed by atoms with Gasteiger partial charge < -0.3 is 34.6 Å². The molecule has 0 saturated heterocycles. The van der Waals surface area contributed by atoms with E-state index in [9.17, 15) is 32.8 Å². The third-order valence-electron chi connectivity index (χ3n) is 3.23. The molecular weight excluding hydrogens is 439 g/mol. The Morgan fingerprint density at radius 2 is 1.10 bits per heavy atom. The summed E-state index contributed by atoms with van der Waals surface area (Å²) in [7, 11) is -4.72. The Hall–Kier alpha value is -2.89. The van der Waals surface area contributed by atoms with Crippen LogP contribution in [0.3, 0.4) is 0 Å². The quantitative estimate of drug-likeness (QED) is 0.239. The summed E-state index contributed by atoms with van der Waals surface area (Å²) in [5.41, 5.74) is 0.440. The molecule has 3 aromatic rings. The number of carbonyl (C=O) groups excluding carboxylic acids is 2. The van der Waals surface area contributed by atoms with E-state index >= 15 is 0 Å². The van der Waals surface area contributed by atoms with Crippen molar-refractivity contribution < 1.29 is 72.5 Å². The topological polar surface area (TPSA) is 178 Å². The van der Waals surface area contributed by atoms with E-state index < -0.39 is 32.7 Å². The van der Waals surface area contributed by atoms with Crippen LogP contribution < -0.4 is 39.8 Å². The van der Waals surface area contributed by atoms with Crippen LogP contribution in [0, 0.1) is 0 Å². The Morgan fingerprint density at radius 1 is 0.710 bits per heavy atom. The van der Waals surface area contributed by atoms with Gasteiger partial charge in [-0.15, -0.1) is 0 Å². The van der Waals surface area contributed by atoms with Gasteiger partial charge in [-0.25, -0.2) is 8.42 Å². The number of benzene rings is 3. The Bertz CT molecular complexity index is 1040. The molecule has 0 heterocycles. The summed E-state index contributed by atoms with van der Waals surface area (Å²) in [6.07, 6.45) is 0. The zero-order valence-corrected chi connectivity index (χ0v) is 19.0. The van der Waals surface area contributed by atoms with Gasteiger partial charge >= 0.3 is 29.6 Å². The van der Waals surface area contributed by atoms with E-state index in [1.165, 1.54) is 24.3 Å². The summed E-state index contributed by atoms with van der Waals surface area (Å²) in [6, 6.07) is 18.8. The molecule has 0 aliphatic carbocycles. The van der Waals surface area contributed by atoms with E-state index in [2.05, 4.69) is 0 Å². The molecule has 0 radical (unpaired) electrons. The third-order valence-corrected chi connectivity index (χ3v) is 4.10. The monoisotopic (exact) mass is 454 g/mol. The van der Waals surface area contributed by atoms with E-state index in [1.807, 2.05) is 0 Å². The molecule has 9 nitrogen and oxygen atoms in total. The first-order chi connectivity index (χ1) is 14.0. The van der Waals surface area contributed by atoms with Crippen molar-refractivity contribution in [2.45, 2.75) is 4.90 Å².